The molecule has 0 aliphatic carbocycles. The zero-order valence-electron chi connectivity index (χ0n) is 21.5. The van der Waals surface area contributed by atoms with E-state index in [9.17, 15) is 9.18 Å². The Kier molecular flexibility index (Phi) is 7.32. The number of halogens is 1. The van der Waals surface area contributed by atoms with Crippen LogP contribution in [0.25, 0.3) is 10.9 Å². The van der Waals surface area contributed by atoms with Gasteiger partial charge in [-0.3, -0.25) is 9.69 Å². The molecule has 0 unspecified atom stereocenters. The molecule has 0 aliphatic heterocycles. The van der Waals surface area contributed by atoms with Crippen LogP contribution < -0.4 is 10.3 Å². The number of furan rings is 1. The second-order valence-electron chi connectivity index (χ2n) is 9.57. The second-order valence-corrected chi connectivity index (χ2v) is 9.57. The van der Waals surface area contributed by atoms with E-state index in [-0.39, 0.29) is 23.3 Å². The van der Waals surface area contributed by atoms with Crippen molar-refractivity contribution < 1.29 is 13.5 Å². The molecule has 3 heterocycles. The van der Waals surface area contributed by atoms with E-state index in [1.807, 2.05) is 36.4 Å². The predicted octanol–water partition coefficient (Wildman–Crippen LogP) is 4.70. The molecule has 196 valence electrons. The summed E-state index contributed by atoms with van der Waals surface area (Å²) in [4.78, 5) is 18.3. The molecule has 0 saturated heterocycles. The first-order chi connectivity index (χ1) is 18.4. The lowest BCUT2D eigenvalue weighted by atomic mass is 9.99. The van der Waals surface area contributed by atoms with E-state index in [0.29, 0.717) is 36.8 Å². The monoisotopic (exact) mass is 516 g/mol. The van der Waals surface area contributed by atoms with Crippen LogP contribution in [0.2, 0.25) is 0 Å². The molecule has 10 heteroatoms. The average molecular weight is 517 g/mol. The smallest absolute Gasteiger partial charge is 0.252 e. The Balaban J connectivity index is 1.56. The fraction of sp³-hybridized carbons (Fsp3) is 0.286. The van der Waals surface area contributed by atoms with Gasteiger partial charge in [-0.25, -0.2) is 9.07 Å². The number of tetrazole rings is 1. The van der Waals surface area contributed by atoms with Gasteiger partial charge in [0.2, 0.25) is 0 Å². The lowest BCUT2D eigenvalue weighted by Gasteiger charge is -2.33. The third kappa shape index (κ3) is 5.50. The minimum atomic E-state index is -0.303. The Morgan fingerprint density at radius 1 is 1.11 bits per heavy atom. The van der Waals surface area contributed by atoms with Gasteiger partial charge in [0.25, 0.3) is 5.56 Å². The summed E-state index contributed by atoms with van der Waals surface area (Å²) in [5.74, 6) is 1.86. The molecule has 0 aliphatic rings. The normalized spacial score (nSPS) is 12.5. The Hall–Kier alpha value is -4.31. The van der Waals surface area contributed by atoms with Crippen LogP contribution in [0.3, 0.4) is 0 Å². The van der Waals surface area contributed by atoms with Gasteiger partial charge < -0.3 is 14.1 Å². The van der Waals surface area contributed by atoms with Crippen molar-refractivity contribution >= 4 is 10.9 Å². The number of H-pyrrole nitrogens is 1. The number of nitrogens with zero attached hydrogens (tertiary/aromatic N) is 5. The first-order valence-corrected chi connectivity index (χ1v) is 12.4. The van der Waals surface area contributed by atoms with Gasteiger partial charge in [0.1, 0.15) is 23.9 Å². The molecule has 5 rings (SSSR count). The molecule has 1 atom stereocenters. The minimum absolute atomic E-state index is 0.0800. The first kappa shape index (κ1) is 25.3. The summed E-state index contributed by atoms with van der Waals surface area (Å²) < 4.78 is 26.3. The van der Waals surface area contributed by atoms with Crippen molar-refractivity contribution in [2.45, 2.75) is 39.5 Å². The van der Waals surface area contributed by atoms with Crippen molar-refractivity contribution in [2.75, 3.05) is 7.11 Å². The number of hydrogen-bond donors (Lipinski definition) is 1. The summed E-state index contributed by atoms with van der Waals surface area (Å²) in [6, 6.07) is 17.2. The van der Waals surface area contributed by atoms with Crippen LogP contribution in [0.4, 0.5) is 4.39 Å². The van der Waals surface area contributed by atoms with Crippen molar-refractivity contribution in [3.05, 3.63) is 106 Å². The van der Waals surface area contributed by atoms with E-state index in [4.69, 9.17) is 9.15 Å². The van der Waals surface area contributed by atoms with Crippen LogP contribution in [-0.4, -0.2) is 37.2 Å². The first-order valence-electron chi connectivity index (χ1n) is 12.4. The highest BCUT2D eigenvalue weighted by Crippen LogP contribution is 2.31. The van der Waals surface area contributed by atoms with Crippen LogP contribution >= 0.6 is 0 Å². The zero-order valence-corrected chi connectivity index (χ0v) is 21.5. The van der Waals surface area contributed by atoms with Gasteiger partial charge in [0.15, 0.2) is 5.82 Å². The maximum absolute atomic E-state index is 13.7. The molecule has 9 nitrogen and oxygen atoms in total. The molecular formula is C28H29FN6O3. The van der Waals surface area contributed by atoms with Gasteiger partial charge in [0, 0.05) is 29.6 Å². The second kappa shape index (κ2) is 11.0. The third-order valence-corrected chi connectivity index (χ3v) is 6.54. The van der Waals surface area contributed by atoms with E-state index in [1.165, 1.54) is 12.1 Å². The highest BCUT2D eigenvalue weighted by Gasteiger charge is 2.30. The number of methoxy groups -OCH3 is 1. The van der Waals surface area contributed by atoms with Crippen molar-refractivity contribution in [3.8, 4) is 5.75 Å². The number of aromatic amines is 1. The highest BCUT2D eigenvalue weighted by molar-refractivity contribution is 5.80. The standard InChI is InChI=1S/C28H29FN6O3/c1-18(2)26(27-31-32-33-35(27)17-24-5-4-12-38-24)34(15-19-6-8-22(29)9-7-19)16-21-13-20-14-23(37-3)10-11-25(20)30-28(21)36/h4-14,18,26H,15-17H2,1-3H3,(H,30,36)/t26-/m0/s1. The number of aromatic nitrogens is 5. The van der Waals surface area contributed by atoms with E-state index < -0.39 is 0 Å². The fourth-order valence-electron chi connectivity index (χ4n) is 4.74. The summed E-state index contributed by atoms with van der Waals surface area (Å²) in [5, 5.41) is 13.4. The number of rotatable bonds is 10. The molecule has 0 spiro atoms. The highest BCUT2D eigenvalue weighted by atomic mass is 19.1. The number of ether oxygens (including phenoxy) is 1. The summed E-state index contributed by atoms with van der Waals surface area (Å²) in [7, 11) is 1.61. The van der Waals surface area contributed by atoms with Crippen LogP contribution in [0.5, 0.6) is 5.75 Å². The van der Waals surface area contributed by atoms with Crippen LogP contribution in [0.15, 0.2) is 76.1 Å². The largest absolute Gasteiger partial charge is 0.497 e. The number of pyridine rings is 1. The SMILES string of the molecule is COc1ccc2[nH]c(=O)c(CN(Cc3ccc(F)cc3)[C@H](c3nnnn3Cc3ccco3)C(C)C)cc2c1. The molecular weight excluding hydrogens is 487 g/mol. The van der Waals surface area contributed by atoms with E-state index in [0.717, 1.165) is 22.2 Å². The number of fused-ring (bicyclic) bond motifs is 1. The number of nitrogens with one attached hydrogen (secondary N) is 1. The maximum atomic E-state index is 13.7. The lowest BCUT2D eigenvalue weighted by Crippen LogP contribution is -2.35. The molecule has 38 heavy (non-hydrogen) atoms. The fourth-order valence-corrected chi connectivity index (χ4v) is 4.74. The van der Waals surface area contributed by atoms with Gasteiger partial charge in [-0.15, -0.1) is 5.10 Å². The van der Waals surface area contributed by atoms with Gasteiger partial charge in [-0.2, -0.15) is 0 Å². The summed E-state index contributed by atoms with van der Waals surface area (Å²) in [6.07, 6.45) is 1.61. The van der Waals surface area contributed by atoms with Crippen molar-refractivity contribution in [2.24, 2.45) is 5.92 Å². The summed E-state index contributed by atoms with van der Waals surface area (Å²) in [6.45, 7) is 5.31. The van der Waals surface area contributed by atoms with Crippen molar-refractivity contribution in [1.82, 2.24) is 30.1 Å². The summed E-state index contributed by atoms with van der Waals surface area (Å²) in [5.41, 5.74) is 2.04. The Morgan fingerprint density at radius 3 is 2.63 bits per heavy atom. The Bertz CT molecular complexity index is 1560. The molecule has 0 amide bonds. The van der Waals surface area contributed by atoms with E-state index >= 15 is 0 Å². The molecule has 0 saturated carbocycles. The van der Waals surface area contributed by atoms with Gasteiger partial charge in [-0.05, 0) is 70.4 Å². The molecule has 0 bridgehead atoms. The van der Waals surface area contributed by atoms with Gasteiger partial charge >= 0.3 is 0 Å². The predicted molar refractivity (Wildman–Crippen MR) is 140 cm³/mol. The van der Waals surface area contributed by atoms with Crippen LogP contribution in [-0.2, 0) is 19.6 Å². The Labute approximate surface area is 218 Å². The zero-order chi connectivity index (χ0) is 26.6. The molecule has 0 fully saturated rings. The molecule has 3 aromatic heterocycles. The number of benzene rings is 2. The topological polar surface area (TPSA) is 102 Å². The molecule has 1 N–H and O–H groups in total. The van der Waals surface area contributed by atoms with E-state index in [1.54, 1.807) is 30.2 Å². The summed E-state index contributed by atoms with van der Waals surface area (Å²) >= 11 is 0. The average Bonchev–Trinajstić information content (AvgIpc) is 3.58. The van der Waals surface area contributed by atoms with Gasteiger partial charge in [-0.1, -0.05) is 26.0 Å². The Morgan fingerprint density at radius 2 is 1.92 bits per heavy atom. The third-order valence-electron chi connectivity index (χ3n) is 6.54. The van der Waals surface area contributed by atoms with E-state index in [2.05, 4.69) is 39.3 Å². The van der Waals surface area contributed by atoms with Crippen molar-refractivity contribution in [1.29, 1.82) is 0 Å². The molecule has 0 radical (unpaired) electrons. The van der Waals surface area contributed by atoms with Crippen LogP contribution in [0.1, 0.15) is 42.6 Å². The maximum Gasteiger partial charge on any atom is 0.252 e. The van der Waals surface area contributed by atoms with Crippen molar-refractivity contribution in [3.63, 3.8) is 0 Å². The number of hydrogen-bond acceptors (Lipinski definition) is 7. The van der Waals surface area contributed by atoms with Gasteiger partial charge in [0.05, 0.1) is 19.4 Å². The quantitative estimate of drug-likeness (QED) is 0.287. The minimum Gasteiger partial charge on any atom is -0.497 e. The molecule has 2 aromatic carbocycles. The van der Waals surface area contributed by atoms with Crippen LogP contribution in [0, 0.1) is 11.7 Å². The lowest BCUT2D eigenvalue weighted by molar-refractivity contribution is 0.125. The molecule has 5 aromatic rings.